The van der Waals surface area contributed by atoms with E-state index in [1.807, 2.05) is 0 Å². The second kappa shape index (κ2) is 4.67. The maximum absolute atomic E-state index is 12.2. The Morgan fingerprint density at radius 3 is 2.76 bits per heavy atom. The molecule has 5 heteroatoms. The van der Waals surface area contributed by atoms with Crippen molar-refractivity contribution in [3.8, 4) is 6.07 Å². The van der Waals surface area contributed by atoms with Gasteiger partial charge in [-0.15, -0.1) is 0 Å². The summed E-state index contributed by atoms with van der Waals surface area (Å²) in [6.45, 7) is 0. The normalized spacial score (nSPS) is 18.4. The Labute approximate surface area is 108 Å². The molecule has 1 aliphatic carbocycles. The number of nitrogens with two attached hydrogens (primary N) is 1. The van der Waals surface area contributed by atoms with Crippen molar-refractivity contribution in [2.24, 2.45) is 5.41 Å². The molecule has 1 aliphatic rings. The van der Waals surface area contributed by atoms with E-state index in [9.17, 15) is 4.21 Å². The van der Waals surface area contributed by atoms with Crippen LogP contribution in [0.1, 0.15) is 19.3 Å². The molecule has 0 aliphatic heterocycles. The molecule has 0 saturated heterocycles. The number of anilines is 1. The van der Waals surface area contributed by atoms with Gasteiger partial charge in [-0.3, -0.25) is 4.21 Å². The summed E-state index contributed by atoms with van der Waals surface area (Å²) in [5.74, 6) is 0.518. The summed E-state index contributed by atoms with van der Waals surface area (Å²) in [6, 6.07) is 7.18. The van der Waals surface area contributed by atoms with Gasteiger partial charge in [-0.05, 0) is 36.5 Å². The van der Waals surface area contributed by atoms with Gasteiger partial charge in [0.05, 0.1) is 26.8 Å². The summed E-state index contributed by atoms with van der Waals surface area (Å²) in [4.78, 5) is 0.616. The van der Waals surface area contributed by atoms with Gasteiger partial charge in [0.2, 0.25) is 0 Å². The molecule has 0 amide bonds. The Morgan fingerprint density at radius 1 is 1.53 bits per heavy atom. The van der Waals surface area contributed by atoms with Crippen LogP contribution in [0.4, 0.5) is 5.69 Å². The van der Waals surface area contributed by atoms with Gasteiger partial charge in [-0.25, -0.2) is 0 Å². The molecule has 0 heterocycles. The highest BCUT2D eigenvalue weighted by Gasteiger charge is 2.44. The summed E-state index contributed by atoms with van der Waals surface area (Å²) in [6.07, 6.45) is 2.45. The quantitative estimate of drug-likeness (QED) is 0.854. The first-order valence-corrected chi connectivity index (χ1v) is 7.06. The fourth-order valence-electron chi connectivity index (χ4n) is 1.77. The Bertz CT molecular complexity index is 506. The van der Waals surface area contributed by atoms with E-state index < -0.39 is 10.8 Å². The van der Waals surface area contributed by atoms with Crippen molar-refractivity contribution in [2.75, 3.05) is 11.5 Å². The third-order valence-corrected chi connectivity index (χ3v) is 5.20. The Hall–Kier alpha value is -1.05. The fourth-order valence-corrected chi connectivity index (χ4v) is 3.82. The first-order valence-electron chi connectivity index (χ1n) is 5.37. The summed E-state index contributed by atoms with van der Waals surface area (Å²) < 4.78 is 12.2. The van der Waals surface area contributed by atoms with Crippen LogP contribution in [-0.4, -0.2) is 9.96 Å². The average molecular weight is 269 g/mol. The molecule has 1 unspecified atom stereocenters. The number of hydrogen-bond donors (Lipinski definition) is 1. The lowest BCUT2D eigenvalue weighted by Gasteiger charge is -2.11. The number of rotatable bonds is 4. The Kier molecular flexibility index (Phi) is 3.41. The van der Waals surface area contributed by atoms with Crippen LogP contribution in [0.5, 0.6) is 0 Å². The predicted octanol–water partition coefficient (Wildman–Crippen LogP) is 2.72. The molecule has 1 saturated carbocycles. The van der Waals surface area contributed by atoms with Gasteiger partial charge in [0, 0.05) is 17.9 Å². The number of nitrogen functional groups attached to an aromatic ring is 1. The molecule has 1 fully saturated rings. The summed E-state index contributed by atoms with van der Waals surface area (Å²) in [5.41, 5.74) is 6.11. The summed E-state index contributed by atoms with van der Waals surface area (Å²) in [7, 11) is -1.15. The first-order chi connectivity index (χ1) is 8.06. The summed E-state index contributed by atoms with van der Waals surface area (Å²) in [5, 5.41) is 9.17. The molecule has 1 atom stereocenters. The van der Waals surface area contributed by atoms with Crippen molar-refractivity contribution < 1.29 is 4.21 Å². The van der Waals surface area contributed by atoms with Gasteiger partial charge >= 0.3 is 0 Å². The molecule has 3 nitrogen and oxygen atoms in total. The SMILES string of the molecule is N#CCC1(CS(=O)c2ccc(N)cc2Cl)CC1. The van der Waals surface area contributed by atoms with Crippen molar-refractivity contribution in [1.29, 1.82) is 5.26 Å². The molecule has 17 heavy (non-hydrogen) atoms. The fraction of sp³-hybridized carbons (Fsp3) is 0.417. The van der Waals surface area contributed by atoms with Crippen molar-refractivity contribution in [3.05, 3.63) is 23.2 Å². The summed E-state index contributed by atoms with van der Waals surface area (Å²) >= 11 is 6.01. The molecule has 2 rings (SSSR count). The molecule has 0 radical (unpaired) electrons. The second-order valence-electron chi connectivity index (χ2n) is 4.51. The van der Waals surface area contributed by atoms with Crippen LogP contribution in [0, 0.1) is 16.7 Å². The molecule has 90 valence electrons. The van der Waals surface area contributed by atoms with Crippen LogP contribution in [0.25, 0.3) is 0 Å². The van der Waals surface area contributed by atoms with Crippen molar-refractivity contribution in [1.82, 2.24) is 0 Å². The molecule has 1 aromatic rings. The molecular formula is C12H13ClN2OS. The molecule has 1 aromatic carbocycles. The van der Waals surface area contributed by atoms with Gasteiger partial charge in [-0.2, -0.15) is 5.26 Å². The minimum atomic E-state index is -1.15. The molecule has 0 aromatic heterocycles. The van der Waals surface area contributed by atoms with E-state index in [-0.39, 0.29) is 5.41 Å². The Morgan fingerprint density at radius 2 is 2.24 bits per heavy atom. The van der Waals surface area contributed by atoms with E-state index in [1.165, 1.54) is 0 Å². The van der Waals surface area contributed by atoms with Crippen LogP contribution in [-0.2, 0) is 10.8 Å². The monoisotopic (exact) mass is 268 g/mol. The van der Waals surface area contributed by atoms with Gasteiger partial charge in [0.15, 0.2) is 0 Å². The zero-order valence-corrected chi connectivity index (χ0v) is 10.9. The van der Waals surface area contributed by atoms with E-state index in [2.05, 4.69) is 6.07 Å². The van der Waals surface area contributed by atoms with Crippen molar-refractivity contribution >= 4 is 28.1 Å². The van der Waals surface area contributed by atoms with E-state index >= 15 is 0 Å². The number of benzene rings is 1. The highest BCUT2D eigenvalue weighted by molar-refractivity contribution is 7.85. The van der Waals surface area contributed by atoms with Crippen molar-refractivity contribution in [2.45, 2.75) is 24.2 Å². The minimum absolute atomic E-state index is 0.0374. The van der Waals surface area contributed by atoms with Gasteiger partial charge in [-0.1, -0.05) is 11.6 Å². The highest BCUT2D eigenvalue weighted by Crippen LogP contribution is 2.49. The third-order valence-electron chi connectivity index (χ3n) is 3.05. The number of nitrogens with zero attached hydrogens (tertiary/aromatic N) is 1. The average Bonchev–Trinajstić information content (AvgIpc) is 2.97. The topological polar surface area (TPSA) is 66.9 Å². The number of halogens is 1. The largest absolute Gasteiger partial charge is 0.399 e. The first kappa shape index (κ1) is 12.4. The van der Waals surface area contributed by atoms with E-state index in [1.54, 1.807) is 18.2 Å². The molecule has 0 bridgehead atoms. The predicted molar refractivity (Wildman–Crippen MR) is 69.0 cm³/mol. The molecule has 0 spiro atoms. The minimum Gasteiger partial charge on any atom is -0.399 e. The van der Waals surface area contributed by atoms with Crippen molar-refractivity contribution in [3.63, 3.8) is 0 Å². The second-order valence-corrected chi connectivity index (χ2v) is 6.34. The lowest BCUT2D eigenvalue weighted by atomic mass is 10.1. The van der Waals surface area contributed by atoms with Gasteiger partial charge < -0.3 is 5.73 Å². The lowest BCUT2D eigenvalue weighted by Crippen LogP contribution is -2.12. The van der Waals surface area contributed by atoms with Gasteiger partial charge in [0.1, 0.15) is 0 Å². The zero-order valence-electron chi connectivity index (χ0n) is 9.28. The maximum Gasteiger partial charge on any atom is 0.0627 e. The van der Waals surface area contributed by atoms with Crippen LogP contribution in [0.2, 0.25) is 5.02 Å². The van der Waals surface area contributed by atoms with E-state index in [0.29, 0.717) is 27.8 Å². The van der Waals surface area contributed by atoms with Crippen LogP contribution in [0.3, 0.4) is 0 Å². The van der Waals surface area contributed by atoms with Gasteiger partial charge in [0.25, 0.3) is 0 Å². The number of nitriles is 1. The maximum atomic E-state index is 12.2. The third kappa shape index (κ3) is 2.80. The molecular weight excluding hydrogens is 256 g/mol. The van der Waals surface area contributed by atoms with Crippen LogP contribution < -0.4 is 5.73 Å². The smallest absolute Gasteiger partial charge is 0.0627 e. The van der Waals surface area contributed by atoms with E-state index in [4.69, 9.17) is 22.6 Å². The van der Waals surface area contributed by atoms with E-state index in [0.717, 1.165) is 12.8 Å². The molecule has 2 N–H and O–H groups in total. The lowest BCUT2D eigenvalue weighted by molar-refractivity contribution is 0.587. The van der Waals surface area contributed by atoms with Crippen LogP contribution in [0.15, 0.2) is 23.1 Å². The van der Waals surface area contributed by atoms with Crippen LogP contribution >= 0.6 is 11.6 Å². The standard InChI is InChI=1S/C12H13ClN2OS/c13-10-7-9(15)1-2-11(10)17(16)8-12(3-4-12)5-6-14/h1-2,7H,3-5,8,15H2. The highest BCUT2D eigenvalue weighted by atomic mass is 35.5. The number of hydrogen-bond acceptors (Lipinski definition) is 3. The zero-order chi connectivity index (χ0) is 12.5. The Balaban J connectivity index is 2.13.